The highest BCUT2D eigenvalue weighted by Crippen LogP contribution is 2.35. The average molecular weight is 480 g/mol. The number of aromatic nitrogens is 2. The first kappa shape index (κ1) is 24.0. The van der Waals surface area contributed by atoms with E-state index in [1.54, 1.807) is 17.0 Å². The first-order valence-corrected chi connectivity index (χ1v) is 11.6. The van der Waals surface area contributed by atoms with Crippen LogP contribution in [0.4, 0.5) is 25.0 Å². The van der Waals surface area contributed by atoms with Crippen LogP contribution in [0, 0.1) is 0 Å². The summed E-state index contributed by atoms with van der Waals surface area (Å²) in [6.07, 6.45) is -0.405. The molecule has 0 atom stereocenters. The van der Waals surface area contributed by atoms with Gasteiger partial charge in [-0.2, -0.15) is 18.2 Å². The van der Waals surface area contributed by atoms with Crippen molar-refractivity contribution in [2.75, 3.05) is 49.1 Å². The quantitative estimate of drug-likeness (QED) is 0.586. The van der Waals surface area contributed by atoms with E-state index in [0.717, 1.165) is 19.3 Å². The predicted octanol–water partition coefficient (Wildman–Crippen LogP) is 3.56. The molecule has 0 aromatic carbocycles. The van der Waals surface area contributed by atoms with Gasteiger partial charge in [-0.1, -0.05) is 13.0 Å². The maximum atomic E-state index is 13.6. The van der Waals surface area contributed by atoms with Gasteiger partial charge in [-0.3, -0.25) is 9.59 Å². The van der Waals surface area contributed by atoms with Crippen molar-refractivity contribution in [2.45, 2.75) is 45.2 Å². The van der Waals surface area contributed by atoms with Gasteiger partial charge >= 0.3 is 6.18 Å². The van der Waals surface area contributed by atoms with Crippen LogP contribution in [0.1, 0.15) is 54.4 Å². The van der Waals surface area contributed by atoms with E-state index in [-0.39, 0.29) is 18.3 Å². The molecule has 2 aliphatic rings. The van der Waals surface area contributed by atoms with Crippen LogP contribution in [0.3, 0.4) is 0 Å². The van der Waals surface area contributed by atoms with Crippen molar-refractivity contribution in [3.05, 3.63) is 35.3 Å². The first-order valence-electron chi connectivity index (χ1n) is 11.6. The molecule has 4 heterocycles. The highest BCUT2D eigenvalue weighted by molar-refractivity contribution is 5.96. The van der Waals surface area contributed by atoms with Crippen LogP contribution in [-0.4, -0.2) is 65.8 Å². The molecule has 11 heteroatoms. The number of alkyl halides is 3. The van der Waals surface area contributed by atoms with Crippen molar-refractivity contribution >= 4 is 23.5 Å². The van der Waals surface area contributed by atoms with E-state index in [0.29, 0.717) is 57.1 Å². The molecule has 34 heavy (non-hydrogen) atoms. The lowest BCUT2D eigenvalue weighted by Crippen LogP contribution is -2.48. The molecule has 8 nitrogen and oxygen atoms in total. The number of halogens is 3. The summed E-state index contributed by atoms with van der Waals surface area (Å²) >= 11 is 0. The van der Waals surface area contributed by atoms with Crippen molar-refractivity contribution in [1.82, 2.24) is 14.9 Å². The molecule has 2 fully saturated rings. The van der Waals surface area contributed by atoms with E-state index in [9.17, 15) is 22.8 Å². The Hall–Kier alpha value is -3.11. The number of hydrogen-bond acceptors (Lipinski definition) is 7. The third-order valence-electron chi connectivity index (χ3n) is 6.20. The second kappa shape index (κ2) is 10.0. The molecule has 0 radical (unpaired) electrons. The monoisotopic (exact) mass is 479 g/mol. The minimum Gasteiger partial charge on any atom is -0.420 e. The first-order chi connectivity index (χ1) is 16.3. The smallest absolute Gasteiger partial charge is 0.420 e. The van der Waals surface area contributed by atoms with Crippen LogP contribution in [0.25, 0.3) is 0 Å². The molecule has 184 valence electrons. The van der Waals surface area contributed by atoms with Gasteiger partial charge < -0.3 is 19.1 Å². The number of carbonyl (C=O) groups excluding carboxylic acids is 2. The zero-order valence-corrected chi connectivity index (χ0v) is 19.1. The molecule has 2 aliphatic heterocycles. The Bertz CT molecular complexity index is 1010. The topological polar surface area (TPSA) is 82.8 Å². The summed E-state index contributed by atoms with van der Waals surface area (Å²) in [5.74, 6) is -0.725. The Morgan fingerprint density at radius 1 is 1.00 bits per heavy atom. The zero-order chi connectivity index (χ0) is 24.3. The molecule has 2 saturated heterocycles. The number of oxazole rings is 1. The van der Waals surface area contributed by atoms with Crippen LogP contribution in [0.5, 0.6) is 0 Å². The lowest BCUT2D eigenvalue weighted by atomic mass is 10.1. The third kappa shape index (κ3) is 5.34. The predicted molar refractivity (Wildman–Crippen MR) is 119 cm³/mol. The van der Waals surface area contributed by atoms with Crippen molar-refractivity contribution in [2.24, 2.45) is 0 Å². The number of rotatable bonds is 6. The summed E-state index contributed by atoms with van der Waals surface area (Å²) < 4.78 is 46.0. The van der Waals surface area contributed by atoms with Gasteiger partial charge in [-0.25, -0.2) is 4.98 Å². The Kier molecular flexibility index (Phi) is 7.08. The van der Waals surface area contributed by atoms with E-state index >= 15 is 0 Å². The number of pyridine rings is 1. The maximum absolute atomic E-state index is 13.6. The number of piperazine rings is 1. The Labute approximate surface area is 195 Å². The molecular weight excluding hydrogens is 451 g/mol. The third-order valence-corrected chi connectivity index (χ3v) is 6.20. The number of amides is 1. The minimum absolute atomic E-state index is 0.121. The summed E-state index contributed by atoms with van der Waals surface area (Å²) in [7, 11) is 0. The van der Waals surface area contributed by atoms with Gasteiger partial charge in [0.05, 0.1) is 0 Å². The van der Waals surface area contributed by atoms with Crippen LogP contribution in [0.2, 0.25) is 0 Å². The number of piperidine rings is 1. The molecule has 0 N–H and O–H groups in total. The average Bonchev–Trinajstić information content (AvgIpc) is 3.31. The molecular formula is C23H28F3N5O3. The van der Waals surface area contributed by atoms with Crippen LogP contribution in [0.15, 0.2) is 22.7 Å². The van der Waals surface area contributed by atoms with Gasteiger partial charge in [0.2, 0.25) is 17.5 Å². The van der Waals surface area contributed by atoms with Crippen molar-refractivity contribution in [1.29, 1.82) is 0 Å². The van der Waals surface area contributed by atoms with E-state index in [1.165, 1.54) is 6.20 Å². The van der Waals surface area contributed by atoms with Crippen LogP contribution < -0.4 is 9.80 Å². The number of anilines is 2. The van der Waals surface area contributed by atoms with Crippen LogP contribution in [-0.2, 0) is 17.4 Å². The molecule has 0 aliphatic carbocycles. The fourth-order valence-corrected chi connectivity index (χ4v) is 4.29. The molecule has 1 amide bonds. The van der Waals surface area contributed by atoms with Gasteiger partial charge in [0.15, 0.2) is 5.69 Å². The number of hydrogen-bond donors (Lipinski definition) is 0. The minimum atomic E-state index is -4.79. The van der Waals surface area contributed by atoms with Crippen LogP contribution >= 0.6 is 0 Å². The molecule has 2 aromatic heterocycles. The zero-order valence-electron chi connectivity index (χ0n) is 19.1. The number of ketones is 1. The molecule has 0 bridgehead atoms. The maximum Gasteiger partial charge on any atom is 0.437 e. The number of carbonyl (C=O) groups is 2. The van der Waals surface area contributed by atoms with Gasteiger partial charge in [-0.05, 0) is 30.9 Å². The van der Waals surface area contributed by atoms with E-state index in [4.69, 9.17) is 4.42 Å². The lowest BCUT2D eigenvalue weighted by molar-refractivity contribution is -0.141. The van der Waals surface area contributed by atoms with Gasteiger partial charge in [0.25, 0.3) is 6.01 Å². The summed E-state index contributed by atoms with van der Waals surface area (Å²) in [6.45, 7) is 5.45. The summed E-state index contributed by atoms with van der Waals surface area (Å²) in [5, 5.41) is 0. The van der Waals surface area contributed by atoms with Gasteiger partial charge in [-0.15, -0.1) is 0 Å². The highest BCUT2D eigenvalue weighted by atomic mass is 19.4. The summed E-state index contributed by atoms with van der Waals surface area (Å²) in [6, 6.07) is 3.27. The molecule has 2 aromatic rings. The van der Waals surface area contributed by atoms with E-state index < -0.39 is 23.4 Å². The lowest BCUT2D eigenvalue weighted by Gasteiger charge is -2.35. The standard InChI is InChI=1S/C23H28F3N5O3/c1-2-19(33)30-12-10-29(11-13-30)18-7-6-16(15-27-18)14-17(32)20-21(23(24,25)26)28-22(34-20)31-8-4-3-5-9-31/h6-7,15H,2-5,8-14H2,1H3. The molecule has 0 unspecified atom stereocenters. The highest BCUT2D eigenvalue weighted by Gasteiger charge is 2.41. The number of Topliss-reactive ketones (excluding diaryl/α,β-unsaturated/α-hetero) is 1. The van der Waals surface area contributed by atoms with Crippen molar-refractivity contribution in [3.63, 3.8) is 0 Å². The Balaban J connectivity index is 1.43. The summed E-state index contributed by atoms with van der Waals surface area (Å²) in [5.41, 5.74) is -0.792. The van der Waals surface area contributed by atoms with Crippen molar-refractivity contribution < 1.29 is 27.2 Å². The summed E-state index contributed by atoms with van der Waals surface area (Å²) in [4.78, 5) is 38.1. The second-order valence-corrected chi connectivity index (χ2v) is 8.57. The van der Waals surface area contributed by atoms with Gasteiger partial charge in [0, 0.05) is 58.3 Å². The van der Waals surface area contributed by atoms with Crippen molar-refractivity contribution in [3.8, 4) is 0 Å². The fourth-order valence-electron chi connectivity index (χ4n) is 4.29. The Morgan fingerprint density at radius 2 is 1.71 bits per heavy atom. The SMILES string of the molecule is CCC(=O)N1CCN(c2ccc(CC(=O)c3oc(N4CCCCC4)nc3C(F)(F)F)cn2)CC1. The molecule has 0 spiro atoms. The Morgan fingerprint density at radius 3 is 2.29 bits per heavy atom. The largest absolute Gasteiger partial charge is 0.437 e. The molecule has 4 rings (SSSR count). The van der Waals surface area contributed by atoms with Gasteiger partial charge in [0.1, 0.15) is 5.82 Å². The molecule has 0 saturated carbocycles. The van der Waals surface area contributed by atoms with E-state index in [2.05, 4.69) is 9.97 Å². The second-order valence-electron chi connectivity index (χ2n) is 8.57. The fraction of sp³-hybridized carbons (Fsp3) is 0.565. The number of nitrogens with zero attached hydrogens (tertiary/aromatic N) is 5. The normalized spacial score (nSPS) is 17.2. The van der Waals surface area contributed by atoms with E-state index in [1.807, 2.05) is 16.7 Å².